The summed E-state index contributed by atoms with van der Waals surface area (Å²) in [6.07, 6.45) is 7.00. The van der Waals surface area contributed by atoms with E-state index in [2.05, 4.69) is 16.9 Å². The molecule has 1 fully saturated rings. The topological polar surface area (TPSA) is 88.6 Å². The van der Waals surface area contributed by atoms with Crippen molar-refractivity contribution in [1.29, 1.82) is 0 Å². The molecule has 0 radical (unpaired) electrons. The van der Waals surface area contributed by atoms with Gasteiger partial charge in [0.05, 0.1) is 12.0 Å². The van der Waals surface area contributed by atoms with Crippen LogP contribution in [0.1, 0.15) is 43.6 Å². The Bertz CT molecular complexity index is 1760. The molecule has 7 heteroatoms. The standard InChI is InChI=1S/C35H27N3O4/c1-2-21-42-24-16-14-23(15-17-24)31(39)29-30(32(40)28-13-7-8-19-36-28)38-20-18-22-9-3-4-10-25(22)33(38)35(29)26-11-5-6-12-27(26)37-34(35)41/h2-20,29-30,33H,1,21H2,(H,37,41)/t29-,30+,33-,35+/m0/s1. The summed E-state index contributed by atoms with van der Waals surface area (Å²) < 4.78 is 5.63. The number of Topliss-reactive ketones (excluding diaryl/α,β-unsaturated/α-hetero) is 2. The van der Waals surface area contributed by atoms with Crippen LogP contribution in [-0.4, -0.2) is 40.0 Å². The van der Waals surface area contributed by atoms with Crippen LogP contribution in [0.4, 0.5) is 5.69 Å². The van der Waals surface area contributed by atoms with Gasteiger partial charge < -0.3 is 15.0 Å². The zero-order chi connectivity index (χ0) is 28.8. The van der Waals surface area contributed by atoms with Gasteiger partial charge in [-0.25, -0.2) is 0 Å². The molecule has 0 bridgehead atoms. The van der Waals surface area contributed by atoms with Crippen LogP contribution >= 0.6 is 0 Å². The SMILES string of the molecule is C=CCOc1ccc(C(=O)[C@@H]2[C@H](C(=O)c3ccccn3)N3C=Cc4ccccc4[C@H]3[C@]23C(=O)Nc2ccccc23)cc1. The average molecular weight is 554 g/mol. The van der Waals surface area contributed by atoms with Crippen molar-refractivity contribution in [1.82, 2.24) is 9.88 Å². The molecule has 0 saturated carbocycles. The summed E-state index contributed by atoms with van der Waals surface area (Å²) in [7, 11) is 0. The molecular weight excluding hydrogens is 526 g/mol. The number of carbonyl (C=O) groups excluding carboxylic acids is 3. The Balaban J connectivity index is 1.48. The Morgan fingerprint density at radius 1 is 0.952 bits per heavy atom. The number of hydrogen-bond acceptors (Lipinski definition) is 6. The van der Waals surface area contributed by atoms with E-state index < -0.39 is 23.4 Å². The third kappa shape index (κ3) is 3.66. The highest BCUT2D eigenvalue weighted by Crippen LogP contribution is 2.62. The first-order valence-corrected chi connectivity index (χ1v) is 13.8. The Labute approximate surface area is 243 Å². The van der Waals surface area contributed by atoms with Crippen molar-refractivity contribution < 1.29 is 19.1 Å². The molecule has 0 unspecified atom stereocenters. The van der Waals surface area contributed by atoms with Crippen molar-refractivity contribution in [3.63, 3.8) is 0 Å². The molecular formula is C35H27N3O4. The predicted octanol–water partition coefficient (Wildman–Crippen LogP) is 5.63. The summed E-state index contributed by atoms with van der Waals surface area (Å²) >= 11 is 0. The highest BCUT2D eigenvalue weighted by atomic mass is 16.5. The third-order valence-electron chi connectivity index (χ3n) is 8.55. The number of para-hydroxylation sites is 1. The van der Waals surface area contributed by atoms with Gasteiger partial charge in [0.2, 0.25) is 11.7 Å². The van der Waals surface area contributed by atoms with Gasteiger partial charge in [0.25, 0.3) is 0 Å². The average Bonchev–Trinajstić information content (AvgIpc) is 3.52. The van der Waals surface area contributed by atoms with Crippen LogP contribution < -0.4 is 10.1 Å². The maximum absolute atomic E-state index is 14.8. The van der Waals surface area contributed by atoms with Gasteiger partial charge in [0.15, 0.2) is 5.78 Å². The first-order valence-electron chi connectivity index (χ1n) is 13.8. The highest BCUT2D eigenvalue weighted by Gasteiger charge is 2.70. The van der Waals surface area contributed by atoms with Gasteiger partial charge in [-0.1, -0.05) is 61.2 Å². The van der Waals surface area contributed by atoms with E-state index in [4.69, 9.17) is 4.74 Å². The molecule has 3 aliphatic rings. The van der Waals surface area contributed by atoms with E-state index in [0.29, 0.717) is 29.2 Å². The predicted molar refractivity (Wildman–Crippen MR) is 159 cm³/mol. The van der Waals surface area contributed by atoms with Gasteiger partial charge in [-0.05, 0) is 65.2 Å². The molecule has 1 amide bonds. The largest absolute Gasteiger partial charge is 0.490 e. The van der Waals surface area contributed by atoms with Crippen molar-refractivity contribution in [3.8, 4) is 5.75 Å². The van der Waals surface area contributed by atoms with Gasteiger partial charge in [-0.3, -0.25) is 19.4 Å². The molecule has 0 aliphatic carbocycles. The number of hydrogen-bond donors (Lipinski definition) is 1. The minimum atomic E-state index is -1.39. The van der Waals surface area contributed by atoms with Crippen molar-refractivity contribution in [3.05, 3.63) is 144 Å². The Morgan fingerprint density at radius 2 is 1.71 bits per heavy atom. The number of aromatic nitrogens is 1. The number of anilines is 1. The summed E-state index contributed by atoms with van der Waals surface area (Å²) in [4.78, 5) is 50.0. The van der Waals surface area contributed by atoms with Gasteiger partial charge in [0.1, 0.15) is 29.5 Å². The Morgan fingerprint density at radius 3 is 2.50 bits per heavy atom. The molecule has 3 aromatic carbocycles. The molecule has 1 spiro atoms. The van der Waals surface area contributed by atoms with Gasteiger partial charge in [0, 0.05) is 23.6 Å². The number of fused-ring (bicyclic) bond motifs is 6. The number of ketones is 2. The molecule has 7 rings (SSSR count). The number of amides is 1. The lowest BCUT2D eigenvalue weighted by molar-refractivity contribution is -0.122. The van der Waals surface area contributed by atoms with Crippen LogP contribution in [0.2, 0.25) is 0 Å². The number of carbonyl (C=O) groups is 3. The molecule has 4 heterocycles. The summed E-state index contributed by atoms with van der Waals surface area (Å²) in [5.74, 6) is -1.39. The molecule has 1 saturated heterocycles. The second-order valence-electron chi connectivity index (χ2n) is 10.7. The fourth-order valence-corrected chi connectivity index (χ4v) is 6.88. The fourth-order valence-electron chi connectivity index (χ4n) is 6.88. The van der Waals surface area contributed by atoms with E-state index >= 15 is 0 Å². The van der Waals surface area contributed by atoms with Crippen LogP contribution in [0, 0.1) is 5.92 Å². The quantitative estimate of drug-likeness (QED) is 0.236. The molecule has 4 aromatic rings. The number of ether oxygens (including phenoxy) is 1. The molecule has 42 heavy (non-hydrogen) atoms. The molecule has 7 nitrogen and oxygen atoms in total. The number of nitrogens with one attached hydrogen (secondary N) is 1. The fraction of sp³-hybridized carbons (Fsp3) is 0.143. The Kier molecular flexibility index (Phi) is 6.08. The zero-order valence-corrected chi connectivity index (χ0v) is 22.6. The van der Waals surface area contributed by atoms with E-state index in [1.54, 1.807) is 54.7 Å². The lowest BCUT2D eigenvalue weighted by atomic mass is 9.62. The molecule has 206 valence electrons. The smallest absolute Gasteiger partial charge is 0.238 e. The van der Waals surface area contributed by atoms with Crippen LogP contribution in [0.3, 0.4) is 0 Å². The second-order valence-corrected chi connectivity index (χ2v) is 10.7. The summed E-state index contributed by atoms with van der Waals surface area (Å²) in [6.45, 7) is 4.01. The number of benzene rings is 3. The van der Waals surface area contributed by atoms with E-state index in [-0.39, 0.29) is 23.2 Å². The maximum atomic E-state index is 14.8. The van der Waals surface area contributed by atoms with Crippen molar-refractivity contribution in [2.45, 2.75) is 17.5 Å². The van der Waals surface area contributed by atoms with E-state index in [1.165, 1.54) is 0 Å². The number of pyridine rings is 1. The minimum absolute atomic E-state index is 0.239. The maximum Gasteiger partial charge on any atom is 0.238 e. The van der Waals surface area contributed by atoms with Crippen LogP contribution in [0.25, 0.3) is 6.08 Å². The van der Waals surface area contributed by atoms with Crippen LogP contribution in [0.5, 0.6) is 5.75 Å². The van der Waals surface area contributed by atoms with Gasteiger partial charge in [-0.2, -0.15) is 0 Å². The summed E-state index contributed by atoms with van der Waals surface area (Å²) in [6, 6.07) is 25.7. The molecule has 1 N–H and O–H groups in total. The highest BCUT2D eigenvalue weighted by molar-refractivity contribution is 6.16. The van der Waals surface area contributed by atoms with Crippen LogP contribution in [-0.2, 0) is 10.2 Å². The van der Waals surface area contributed by atoms with Gasteiger partial charge in [-0.15, -0.1) is 0 Å². The van der Waals surface area contributed by atoms with Crippen LogP contribution in [0.15, 0.2) is 116 Å². The van der Waals surface area contributed by atoms with E-state index in [0.717, 1.165) is 11.1 Å². The number of nitrogens with zero attached hydrogens (tertiary/aromatic N) is 2. The molecule has 4 atom stereocenters. The first-order chi connectivity index (χ1) is 20.6. The Hall–Kier alpha value is -5.30. The minimum Gasteiger partial charge on any atom is -0.490 e. The zero-order valence-electron chi connectivity index (χ0n) is 22.6. The van der Waals surface area contributed by atoms with Gasteiger partial charge >= 0.3 is 0 Å². The molecule has 1 aromatic heterocycles. The third-order valence-corrected chi connectivity index (χ3v) is 8.55. The van der Waals surface area contributed by atoms with E-state index in [9.17, 15) is 14.4 Å². The van der Waals surface area contributed by atoms with Crippen molar-refractivity contribution in [2.75, 3.05) is 11.9 Å². The van der Waals surface area contributed by atoms with Crippen molar-refractivity contribution >= 4 is 29.2 Å². The molecule has 3 aliphatic heterocycles. The van der Waals surface area contributed by atoms with E-state index in [1.807, 2.05) is 65.7 Å². The van der Waals surface area contributed by atoms with Crippen molar-refractivity contribution in [2.24, 2.45) is 5.92 Å². The number of rotatable bonds is 7. The lowest BCUT2D eigenvalue weighted by Crippen LogP contribution is -2.49. The monoisotopic (exact) mass is 553 g/mol. The summed E-state index contributed by atoms with van der Waals surface area (Å²) in [5, 5.41) is 3.06. The second kappa shape index (κ2) is 9.96. The normalized spacial score (nSPS) is 23.1. The lowest BCUT2D eigenvalue weighted by Gasteiger charge is -2.38. The summed E-state index contributed by atoms with van der Waals surface area (Å²) in [5.41, 5.74) is 2.41. The first kappa shape index (κ1) is 25.7.